The highest BCUT2D eigenvalue weighted by atomic mass is 16.5. The van der Waals surface area contributed by atoms with Crippen LogP contribution in [0.3, 0.4) is 0 Å². The van der Waals surface area contributed by atoms with Crippen LogP contribution in [0.5, 0.6) is 5.75 Å². The van der Waals surface area contributed by atoms with Gasteiger partial charge in [0.05, 0.1) is 17.3 Å². The number of carbonyl (C=O) groups is 3. The summed E-state index contributed by atoms with van der Waals surface area (Å²) >= 11 is 0. The molecule has 3 aliphatic rings. The summed E-state index contributed by atoms with van der Waals surface area (Å²) in [6.07, 6.45) is 0.199. The molecule has 1 aromatic heterocycles. The second kappa shape index (κ2) is 8.02. The minimum absolute atomic E-state index is 0.0163. The van der Waals surface area contributed by atoms with Crippen LogP contribution in [0.2, 0.25) is 0 Å². The molecule has 5 rings (SSSR count). The Bertz CT molecular complexity index is 1450. The van der Waals surface area contributed by atoms with Crippen LogP contribution in [0.1, 0.15) is 29.0 Å². The first-order valence-corrected chi connectivity index (χ1v) is 11.7. The number of primary amides is 1. The molecular weight excluding hydrogens is 482 g/mol. The maximum absolute atomic E-state index is 13.9. The Morgan fingerprint density at radius 2 is 1.84 bits per heavy atom. The number of nitrogens with zero attached hydrogens (tertiary/aromatic N) is 2. The number of likely N-dealkylation sites (N-methyl/N-ethyl adjacent to an activating group) is 1. The number of hydrogen-bond donors (Lipinski definition) is 5. The van der Waals surface area contributed by atoms with Crippen molar-refractivity contribution in [2.24, 2.45) is 17.6 Å². The lowest BCUT2D eigenvalue weighted by molar-refractivity contribution is -0.153. The van der Waals surface area contributed by atoms with Crippen LogP contribution < -0.4 is 5.73 Å². The van der Waals surface area contributed by atoms with Gasteiger partial charge in [-0.1, -0.05) is 11.2 Å². The second-order valence-electron chi connectivity index (χ2n) is 10.1. The summed E-state index contributed by atoms with van der Waals surface area (Å²) in [5, 5.41) is 48.6. The maximum atomic E-state index is 13.9. The van der Waals surface area contributed by atoms with Crippen LogP contribution in [-0.2, 0) is 20.8 Å². The normalized spacial score (nSPS) is 27.4. The summed E-state index contributed by atoms with van der Waals surface area (Å²) in [6, 6.07) is 1.93. The molecule has 11 nitrogen and oxygen atoms in total. The molecule has 0 radical (unpaired) electrons. The van der Waals surface area contributed by atoms with Gasteiger partial charge in [0.1, 0.15) is 28.6 Å². The van der Waals surface area contributed by atoms with Gasteiger partial charge in [-0.25, -0.2) is 0 Å². The second-order valence-corrected chi connectivity index (χ2v) is 10.1. The number of phenols is 1. The largest absolute Gasteiger partial charge is 0.508 e. The van der Waals surface area contributed by atoms with E-state index < -0.39 is 58.0 Å². The average Bonchev–Trinajstić information content (AvgIpc) is 3.14. The number of aromatic hydroxyl groups is 1. The zero-order valence-corrected chi connectivity index (χ0v) is 20.7. The topological polar surface area (TPSA) is 187 Å². The highest BCUT2D eigenvalue weighted by molar-refractivity contribution is 6.24. The van der Waals surface area contributed by atoms with E-state index in [0.29, 0.717) is 28.1 Å². The maximum Gasteiger partial charge on any atom is 0.255 e. The van der Waals surface area contributed by atoms with Gasteiger partial charge in [0.15, 0.2) is 11.4 Å². The van der Waals surface area contributed by atoms with Crippen molar-refractivity contribution in [2.75, 3.05) is 14.1 Å². The van der Waals surface area contributed by atoms with Gasteiger partial charge >= 0.3 is 0 Å². The van der Waals surface area contributed by atoms with Gasteiger partial charge in [-0.3, -0.25) is 19.3 Å². The molecular formula is C26H27N3O8. The summed E-state index contributed by atoms with van der Waals surface area (Å²) in [5.41, 5.74) is 4.17. The molecule has 11 heteroatoms. The number of nitrogens with two attached hydrogens (primary N) is 1. The number of rotatable bonds is 3. The van der Waals surface area contributed by atoms with Crippen molar-refractivity contribution >= 4 is 23.2 Å². The summed E-state index contributed by atoms with van der Waals surface area (Å²) < 4.78 is 5.31. The van der Waals surface area contributed by atoms with E-state index in [9.17, 15) is 34.8 Å². The minimum atomic E-state index is -2.67. The van der Waals surface area contributed by atoms with Crippen molar-refractivity contribution in [1.82, 2.24) is 10.1 Å². The Kier molecular flexibility index (Phi) is 5.36. The lowest BCUT2D eigenvalue weighted by Crippen LogP contribution is -2.65. The number of aryl methyl sites for hydroxylation is 2. The van der Waals surface area contributed by atoms with Gasteiger partial charge in [0.25, 0.3) is 5.91 Å². The van der Waals surface area contributed by atoms with Gasteiger partial charge in [0.2, 0.25) is 5.78 Å². The number of aromatic nitrogens is 1. The van der Waals surface area contributed by atoms with E-state index in [1.807, 2.05) is 0 Å². The van der Waals surface area contributed by atoms with E-state index in [2.05, 4.69) is 5.16 Å². The molecule has 0 saturated heterocycles. The molecule has 194 valence electrons. The van der Waals surface area contributed by atoms with Crippen LogP contribution in [-0.4, -0.2) is 73.7 Å². The lowest BCUT2D eigenvalue weighted by Gasteiger charge is -2.50. The third-order valence-corrected chi connectivity index (χ3v) is 7.91. The van der Waals surface area contributed by atoms with Gasteiger partial charge in [-0.05, 0) is 63.9 Å². The smallest absolute Gasteiger partial charge is 0.255 e. The Morgan fingerprint density at radius 1 is 1.16 bits per heavy atom. The fourth-order valence-electron chi connectivity index (χ4n) is 6.35. The zero-order chi connectivity index (χ0) is 27.1. The fourth-order valence-corrected chi connectivity index (χ4v) is 6.35. The molecule has 0 aliphatic heterocycles. The predicted molar refractivity (Wildman–Crippen MR) is 129 cm³/mol. The number of phenolic OH excluding ortho intramolecular Hbond substituents is 1. The highest BCUT2D eigenvalue weighted by Crippen LogP contribution is 2.53. The number of ketones is 2. The van der Waals surface area contributed by atoms with Gasteiger partial charge in [-0.15, -0.1) is 0 Å². The molecule has 0 unspecified atom stereocenters. The fraction of sp³-hybridized carbons (Fsp3) is 0.385. The first kappa shape index (κ1) is 24.7. The van der Waals surface area contributed by atoms with Crippen LogP contribution in [0.25, 0.3) is 16.9 Å². The summed E-state index contributed by atoms with van der Waals surface area (Å²) in [7, 11) is 3.11. The zero-order valence-electron chi connectivity index (χ0n) is 20.7. The molecule has 1 heterocycles. The molecule has 4 atom stereocenters. The van der Waals surface area contributed by atoms with Crippen LogP contribution in [0, 0.1) is 25.7 Å². The van der Waals surface area contributed by atoms with Crippen LogP contribution >= 0.6 is 0 Å². The highest BCUT2D eigenvalue weighted by Gasteiger charge is 2.64. The van der Waals surface area contributed by atoms with E-state index in [4.69, 9.17) is 10.3 Å². The number of hydrogen-bond acceptors (Lipinski definition) is 10. The van der Waals surface area contributed by atoms with E-state index in [0.717, 1.165) is 0 Å². The predicted octanol–water partition coefficient (Wildman–Crippen LogP) is 1.24. The first-order chi connectivity index (χ1) is 17.3. The van der Waals surface area contributed by atoms with Gasteiger partial charge in [-0.2, -0.15) is 0 Å². The number of carbonyl (C=O) groups excluding carboxylic acids is 3. The number of benzene rings is 1. The number of amides is 1. The summed E-state index contributed by atoms with van der Waals surface area (Å²) in [4.78, 5) is 40.6. The third-order valence-electron chi connectivity index (χ3n) is 7.91. The lowest BCUT2D eigenvalue weighted by atomic mass is 9.57. The van der Waals surface area contributed by atoms with E-state index in [1.54, 1.807) is 34.0 Å². The summed E-state index contributed by atoms with van der Waals surface area (Å²) in [5.74, 6) is -6.30. The Morgan fingerprint density at radius 3 is 2.41 bits per heavy atom. The molecule has 1 fully saturated rings. The monoisotopic (exact) mass is 509 g/mol. The third kappa shape index (κ3) is 3.13. The number of aliphatic hydroxyl groups is 3. The minimum Gasteiger partial charge on any atom is -0.508 e. The van der Waals surface area contributed by atoms with E-state index in [1.165, 1.54) is 11.0 Å². The van der Waals surface area contributed by atoms with Crippen molar-refractivity contribution in [3.63, 3.8) is 0 Å². The first-order valence-electron chi connectivity index (χ1n) is 11.7. The molecule has 1 saturated carbocycles. The van der Waals surface area contributed by atoms with Crippen molar-refractivity contribution in [1.29, 1.82) is 0 Å². The Balaban J connectivity index is 1.76. The van der Waals surface area contributed by atoms with Gasteiger partial charge < -0.3 is 30.7 Å². The molecule has 1 aromatic carbocycles. The van der Waals surface area contributed by atoms with Crippen molar-refractivity contribution in [2.45, 2.75) is 38.3 Å². The standard InChI is InChI=1S/C26H27N3O8/c1-9-16(10(2)37-28-9)12-5-6-15(30)18-13(12)7-11-8-14-20(29(3)4)22(32)19(25(27)35)24(34)26(14,36)23(33)17(11)21(18)31/h5-6,11,14,20,30-31,34,36H,7-8H2,1-4H3,(H2,27,35)/t11-,14-,20-,26-/m0/s1. The number of fused-ring (bicyclic) bond motifs is 3. The van der Waals surface area contributed by atoms with Crippen molar-refractivity contribution < 1.29 is 39.3 Å². The molecule has 37 heavy (non-hydrogen) atoms. The van der Waals surface area contributed by atoms with E-state index >= 15 is 0 Å². The molecule has 3 aliphatic carbocycles. The van der Waals surface area contributed by atoms with Crippen LogP contribution in [0.15, 0.2) is 33.6 Å². The average molecular weight is 510 g/mol. The van der Waals surface area contributed by atoms with Gasteiger partial charge in [0, 0.05) is 17.1 Å². The SMILES string of the molecule is Cc1noc(C)c1-c1ccc(O)c2c1C[C@H]1C[C@H]3[C@H](N(C)C)C(=O)C(C(N)=O)=C(O)[C@@]3(O)C(=O)C1=C2O. The van der Waals surface area contributed by atoms with Crippen molar-refractivity contribution in [3.05, 3.63) is 51.6 Å². The van der Waals surface area contributed by atoms with E-state index in [-0.39, 0.29) is 29.7 Å². The molecule has 0 spiro atoms. The molecule has 0 bridgehead atoms. The summed E-state index contributed by atoms with van der Waals surface area (Å²) in [6.45, 7) is 3.50. The molecule has 6 N–H and O–H groups in total. The van der Waals surface area contributed by atoms with Crippen LogP contribution in [0.4, 0.5) is 0 Å². The number of Topliss-reactive ketones (excluding diaryl/α,β-unsaturated/α-hetero) is 2. The Labute approximate surface area is 211 Å². The van der Waals surface area contributed by atoms with Crippen molar-refractivity contribution in [3.8, 4) is 16.9 Å². The quantitative estimate of drug-likeness (QED) is 0.377. The Hall–Kier alpha value is -3.96. The molecule has 1 amide bonds. The number of aliphatic hydroxyl groups excluding tert-OH is 2. The molecule has 2 aromatic rings.